The molecule has 160 valence electrons. The van der Waals surface area contributed by atoms with Gasteiger partial charge >= 0.3 is 14.8 Å². The molecule has 0 spiro atoms. The molecule has 0 bridgehead atoms. The summed E-state index contributed by atoms with van der Waals surface area (Å²) in [5.74, 6) is 1.55. The van der Waals surface area contributed by atoms with Crippen LogP contribution in [0.5, 0.6) is 17.2 Å². The van der Waals surface area contributed by atoms with E-state index in [2.05, 4.69) is 6.58 Å². The summed E-state index contributed by atoms with van der Waals surface area (Å²) in [5, 5.41) is 0. The number of aryl methyl sites for hydroxylation is 1. The first-order chi connectivity index (χ1) is 15.1. The summed E-state index contributed by atoms with van der Waals surface area (Å²) in [6.45, 7) is 5.62. The molecule has 31 heavy (non-hydrogen) atoms. The van der Waals surface area contributed by atoms with Gasteiger partial charge in [0, 0.05) is 6.08 Å². The Morgan fingerprint density at radius 1 is 0.839 bits per heavy atom. The van der Waals surface area contributed by atoms with Gasteiger partial charge in [0.2, 0.25) is 0 Å². The highest BCUT2D eigenvalue weighted by molar-refractivity contribution is 6.63. The van der Waals surface area contributed by atoms with Crippen LogP contribution in [0.4, 0.5) is 0 Å². The number of hydrogen-bond acceptors (Lipinski definition) is 5. The number of carbonyl (C=O) groups excluding carboxylic acids is 1. The first kappa shape index (κ1) is 22.2. The summed E-state index contributed by atoms with van der Waals surface area (Å²) in [6.07, 6.45) is 1.66. The lowest BCUT2D eigenvalue weighted by Gasteiger charge is -2.31. The Morgan fingerprint density at radius 2 is 1.39 bits per heavy atom. The van der Waals surface area contributed by atoms with Crippen molar-refractivity contribution in [3.05, 3.63) is 103 Å². The van der Waals surface area contributed by atoms with Crippen LogP contribution >= 0.6 is 0 Å². The maximum absolute atomic E-state index is 11.4. The molecule has 6 heteroatoms. The molecule has 5 nitrogen and oxygen atoms in total. The van der Waals surface area contributed by atoms with E-state index < -0.39 is 14.8 Å². The van der Waals surface area contributed by atoms with Gasteiger partial charge in [-0.1, -0.05) is 61.2 Å². The second kappa shape index (κ2) is 11.0. The van der Waals surface area contributed by atoms with Crippen molar-refractivity contribution in [1.82, 2.24) is 0 Å². The molecule has 0 saturated carbocycles. The normalized spacial score (nSPS) is 10.7. The van der Waals surface area contributed by atoms with Crippen LogP contribution < -0.4 is 13.3 Å². The van der Waals surface area contributed by atoms with Gasteiger partial charge in [-0.25, -0.2) is 4.79 Å². The first-order valence-corrected chi connectivity index (χ1v) is 12.1. The van der Waals surface area contributed by atoms with Crippen LogP contribution in [0.3, 0.4) is 0 Å². The van der Waals surface area contributed by atoms with E-state index in [4.69, 9.17) is 18.0 Å². The molecule has 0 aliphatic rings. The third-order valence-electron chi connectivity index (χ3n) is 4.43. The third kappa shape index (κ3) is 6.76. The zero-order valence-electron chi connectivity index (χ0n) is 17.5. The number of hydrogen-bond donors (Lipinski definition) is 0. The Morgan fingerprint density at radius 3 is 1.94 bits per heavy atom. The minimum atomic E-state index is -3.35. The van der Waals surface area contributed by atoms with Gasteiger partial charge in [-0.05, 0) is 49.2 Å². The highest BCUT2D eigenvalue weighted by Crippen LogP contribution is 2.29. The van der Waals surface area contributed by atoms with E-state index in [1.165, 1.54) is 0 Å². The Labute approximate surface area is 184 Å². The molecule has 0 N–H and O–H groups in total. The molecule has 3 aromatic carbocycles. The highest BCUT2D eigenvalue weighted by atomic mass is 28.4. The van der Waals surface area contributed by atoms with E-state index in [1.807, 2.05) is 91.9 Å². The quantitative estimate of drug-likeness (QED) is 0.170. The monoisotopic (exact) mass is 434 g/mol. The number of ether oxygens (including phenoxy) is 1. The van der Waals surface area contributed by atoms with Gasteiger partial charge in [-0.15, -0.1) is 0 Å². The van der Waals surface area contributed by atoms with E-state index in [-0.39, 0.29) is 6.61 Å². The fourth-order valence-corrected chi connectivity index (χ4v) is 5.47. The molecular formula is C25H26O5Si. The second-order valence-corrected chi connectivity index (χ2v) is 9.33. The molecular weight excluding hydrogens is 408 g/mol. The summed E-state index contributed by atoms with van der Waals surface area (Å²) >= 11 is 0. The van der Waals surface area contributed by atoms with Gasteiger partial charge in [0.15, 0.2) is 0 Å². The summed E-state index contributed by atoms with van der Waals surface area (Å²) in [5.41, 5.74) is 0.978. The average Bonchev–Trinajstić information content (AvgIpc) is 2.79. The standard InChI is InChI=1S/C25H26O5Si/c1-3-25(26)27-19-12-20-31(28-22-14-6-4-7-15-22,29-23-16-8-5-9-17-23)30-24-18-11-10-13-21(24)2/h3-11,13-18H,1,12,19-20H2,2H3. The van der Waals surface area contributed by atoms with Gasteiger partial charge in [0.1, 0.15) is 17.2 Å². The van der Waals surface area contributed by atoms with Crippen molar-refractivity contribution in [3.8, 4) is 17.2 Å². The maximum Gasteiger partial charge on any atom is 0.699 e. The van der Waals surface area contributed by atoms with Crippen LogP contribution in [0.1, 0.15) is 12.0 Å². The summed E-state index contributed by atoms with van der Waals surface area (Å²) in [6, 6.07) is 27.1. The third-order valence-corrected chi connectivity index (χ3v) is 7.02. The number of carbonyl (C=O) groups is 1. The largest absolute Gasteiger partial charge is 0.699 e. The molecule has 0 radical (unpaired) electrons. The van der Waals surface area contributed by atoms with Crippen molar-refractivity contribution >= 4 is 14.8 Å². The summed E-state index contributed by atoms with van der Waals surface area (Å²) in [7, 11) is -3.35. The van der Waals surface area contributed by atoms with Crippen molar-refractivity contribution in [3.63, 3.8) is 0 Å². The second-order valence-electron chi connectivity index (χ2n) is 6.86. The van der Waals surface area contributed by atoms with Crippen molar-refractivity contribution in [2.24, 2.45) is 0 Å². The number of rotatable bonds is 11. The number of benzene rings is 3. The minimum Gasteiger partial charge on any atom is -0.483 e. The number of para-hydroxylation sites is 3. The predicted molar refractivity (Wildman–Crippen MR) is 122 cm³/mol. The van der Waals surface area contributed by atoms with E-state index in [0.717, 1.165) is 11.6 Å². The molecule has 0 atom stereocenters. The van der Waals surface area contributed by atoms with Crippen LogP contribution in [0, 0.1) is 6.92 Å². The van der Waals surface area contributed by atoms with E-state index in [0.29, 0.717) is 29.7 Å². The van der Waals surface area contributed by atoms with Gasteiger partial charge in [0.25, 0.3) is 0 Å². The molecule has 0 aliphatic carbocycles. The van der Waals surface area contributed by atoms with Crippen molar-refractivity contribution < 1.29 is 22.8 Å². The van der Waals surface area contributed by atoms with Crippen LogP contribution in [0.25, 0.3) is 0 Å². The van der Waals surface area contributed by atoms with Gasteiger partial charge < -0.3 is 18.0 Å². The van der Waals surface area contributed by atoms with E-state index in [1.54, 1.807) is 0 Å². The lowest BCUT2D eigenvalue weighted by Crippen LogP contribution is -2.55. The molecule has 0 saturated heterocycles. The molecule has 0 amide bonds. The van der Waals surface area contributed by atoms with E-state index in [9.17, 15) is 4.79 Å². The van der Waals surface area contributed by atoms with Crippen LogP contribution in [0.2, 0.25) is 6.04 Å². The minimum absolute atomic E-state index is 0.215. The zero-order chi connectivity index (χ0) is 21.9. The van der Waals surface area contributed by atoms with Crippen LogP contribution in [0.15, 0.2) is 97.6 Å². The summed E-state index contributed by atoms with van der Waals surface area (Å²) in [4.78, 5) is 11.4. The SMILES string of the molecule is C=CC(=O)OCCC[Si](Oc1ccccc1)(Oc1ccccc1)Oc1ccccc1C. The summed E-state index contributed by atoms with van der Waals surface area (Å²) < 4.78 is 24.5. The first-order valence-electron chi connectivity index (χ1n) is 10.1. The molecule has 0 unspecified atom stereocenters. The Balaban J connectivity index is 1.92. The Kier molecular flexibility index (Phi) is 7.89. The maximum atomic E-state index is 11.4. The Bertz CT molecular complexity index is 934. The van der Waals surface area contributed by atoms with Crippen LogP contribution in [-0.4, -0.2) is 21.4 Å². The van der Waals surface area contributed by atoms with E-state index >= 15 is 0 Å². The molecule has 0 aliphatic heterocycles. The molecule has 0 heterocycles. The smallest absolute Gasteiger partial charge is 0.483 e. The fourth-order valence-electron chi connectivity index (χ4n) is 2.91. The van der Waals surface area contributed by atoms with Gasteiger partial charge in [-0.3, -0.25) is 0 Å². The average molecular weight is 435 g/mol. The molecule has 0 fully saturated rings. The predicted octanol–water partition coefficient (Wildman–Crippen LogP) is 5.59. The topological polar surface area (TPSA) is 54.0 Å². The molecule has 3 rings (SSSR count). The number of esters is 1. The lowest BCUT2D eigenvalue weighted by atomic mass is 10.2. The molecule has 3 aromatic rings. The van der Waals surface area contributed by atoms with Crippen molar-refractivity contribution in [1.29, 1.82) is 0 Å². The van der Waals surface area contributed by atoms with Gasteiger partial charge in [-0.2, -0.15) is 0 Å². The van der Waals surface area contributed by atoms with Crippen molar-refractivity contribution in [2.45, 2.75) is 19.4 Å². The lowest BCUT2D eigenvalue weighted by molar-refractivity contribution is -0.137. The van der Waals surface area contributed by atoms with Crippen molar-refractivity contribution in [2.75, 3.05) is 6.61 Å². The Hall–Kier alpha value is -3.51. The van der Waals surface area contributed by atoms with Gasteiger partial charge in [0.05, 0.1) is 12.7 Å². The fraction of sp³-hybridized carbons (Fsp3) is 0.160. The zero-order valence-corrected chi connectivity index (χ0v) is 18.5. The van der Waals surface area contributed by atoms with Crippen LogP contribution in [-0.2, 0) is 9.53 Å². The highest BCUT2D eigenvalue weighted by Gasteiger charge is 2.49. The molecule has 0 aromatic heterocycles.